The molecule has 0 spiro atoms. The standard InChI is InChI=1S/C21H25F3N4O5/c1-11-6-18(26-13-3-5-16(25-8-13)20(32)33-14(9-29)10-30)27-28-19(11)15-4-2-12(7-17(15)31)21(22,23)24/h2,4,6-7,13-14,16,25,29-31H,3,5,8-10H2,1H3,(H,26,27)/t13-,16+/m1/s1. The van der Waals surface area contributed by atoms with E-state index >= 15 is 0 Å². The van der Waals surface area contributed by atoms with Gasteiger partial charge in [0, 0.05) is 18.2 Å². The molecule has 33 heavy (non-hydrogen) atoms. The summed E-state index contributed by atoms with van der Waals surface area (Å²) in [7, 11) is 0. The second-order valence-corrected chi connectivity index (χ2v) is 7.79. The van der Waals surface area contributed by atoms with E-state index in [1.54, 1.807) is 13.0 Å². The molecule has 2 heterocycles. The largest absolute Gasteiger partial charge is 0.507 e. The first-order valence-corrected chi connectivity index (χ1v) is 10.3. The number of anilines is 1. The lowest BCUT2D eigenvalue weighted by Crippen LogP contribution is -2.50. The van der Waals surface area contributed by atoms with Gasteiger partial charge in [0.1, 0.15) is 23.7 Å². The second kappa shape index (κ2) is 10.3. The summed E-state index contributed by atoms with van der Waals surface area (Å²) in [4.78, 5) is 12.1. The van der Waals surface area contributed by atoms with Crippen LogP contribution in [-0.4, -0.2) is 69.4 Å². The third kappa shape index (κ3) is 6.09. The van der Waals surface area contributed by atoms with Crippen LogP contribution in [0, 0.1) is 6.92 Å². The van der Waals surface area contributed by atoms with Crippen molar-refractivity contribution >= 4 is 11.8 Å². The van der Waals surface area contributed by atoms with Gasteiger partial charge in [0.05, 0.1) is 24.5 Å². The van der Waals surface area contributed by atoms with E-state index in [4.69, 9.17) is 14.9 Å². The van der Waals surface area contributed by atoms with Crippen molar-refractivity contribution in [3.05, 3.63) is 35.4 Å². The van der Waals surface area contributed by atoms with Crippen molar-refractivity contribution in [2.24, 2.45) is 0 Å². The Balaban J connectivity index is 1.61. The summed E-state index contributed by atoms with van der Waals surface area (Å²) >= 11 is 0. The molecule has 2 aromatic rings. The number of aromatic nitrogens is 2. The zero-order valence-corrected chi connectivity index (χ0v) is 17.8. The van der Waals surface area contributed by atoms with E-state index in [1.165, 1.54) is 0 Å². The zero-order valence-electron chi connectivity index (χ0n) is 17.8. The quantitative estimate of drug-likeness (QED) is 0.382. The zero-order chi connectivity index (χ0) is 24.2. The van der Waals surface area contributed by atoms with Gasteiger partial charge in [-0.1, -0.05) is 0 Å². The van der Waals surface area contributed by atoms with Crippen molar-refractivity contribution in [3.8, 4) is 17.0 Å². The lowest BCUT2D eigenvalue weighted by Gasteiger charge is -2.30. The highest BCUT2D eigenvalue weighted by Crippen LogP contribution is 2.36. The van der Waals surface area contributed by atoms with Gasteiger partial charge in [-0.05, 0) is 49.6 Å². The monoisotopic (exact) mass is 470 g/mol. The summed E-state index contributed by atoms with van der Waals surface area (Å²) in [5, 5.41) is 42.5. The van der Waals surface area contributed by atoms with Gasteiger partial charge < -0.3 is 30.7 Å². The van der Waals surface area contributed by atoms with Gasteiger partial charge in [0.25, 0.3) is 0 Å². The predicted octanol–water partition coefficient (Wildman–Crippen LogP) is 1.61. The van der Waals surface area contributed by atoms with E-state index in [9.17, 15) is 23.1 Å². The van der Waals surface area contributed by atoms with Crippen molar-refractivity contribution in [2.45, 2.75) is 44.1 Å². The molecule has 1 aromatic heterocycles. The molecule has 0 aliphatic carbocycles. The summed E-state index contributed by atoms with van der Waals surface area (Å²) in [5.74, 6) is -0.643. The molecular formula is C21H25F3N4O5. The number of ether oxygens (including phenoxy) is 1. The summed E-state index contributed by atoms with van der Waals surface area (Å²) < 4.78 is 43.5. The number of esters is 1. The molecule has 1 aliphatic heterocycles. The van der Waals surface area contributed by atoms with Gasteiger partial charge in [-0.3, -0.25) is 4.79 Å². The topological polar surface area (TPSA) is 137 Å². The molecule has 3 rings (SSSR count). The summed E-state index contributed by atoms with van der Waals surface area (Å²) in [6.45, 7) is 1.20. The van der Waals surface area contributed by atoms with Crippen LogP contribution in [0.25, 0.3) is 11.3 Å². The van der Waals surface area contributed by atoms with Crippen molar-refractivity contribution in [1.29, 1.82) is 0 Å². The maximum Gasteiger partial charge on any atom is 0.416 e. The van der Waals surface area contributed by atoms with Gasteiger partial charge in [0.2, 0.25) is 0 Å². The number of nitrogens with one attached hydrogen (secondary N) is 2. The van der Waals surface area contributed by atoms with Crippen LogP contribution < -0.4 is 10.6 Å². The van der Waals surface area contributed by atoms with Crippen LogP contribution in [0.15, 0.2) is 24.3 Å². The van der Waals surface area contributed by atoms with Gasteiger partial charge in [-0.15, -0.1) is 10.2 Å². The Bertz CT molecular complexity index is 977. The van der Waals surface area contributed by atoms with Gasteiger partial charge in [-0.2, -0.15) is 13.2 Å². The minimum atomic E-state index is -4.56. The highest BCUT2D eigenvalue weighted by atomic mass is 19.4. The minimum Gasteiger partial charge on any atom is -0.507 e. The molecule has 12 heteroatoms. The highest BCUT2D eigenvalue weighted by Gasteiger charge is 2.32. The molecule has 0 saturated carbocycles. The van der Waals surface area contributed by atoms with Crippen LogP contribution in [0.3, 0.4) is 0 Å². The number of alkyl halides is 3. The molecule has 9 nitrogen and oxygen atoms in total. The highest BCUT2D eigenvalue weighted by molar-refractivity contribution is 5.76. The van der Waals surface area contributed by atoms with Crippen LogP contribution in [0.5, 0.6) is 5.75 Å². The molecule has 0 unspecified atom stereocenters. The van der Waals surface area contributed by atoms with Gasteiger partial charge >= 0.3 is 12.1 Å². The Labute approximate surface area is 187 Å². The molecule has 0 bridgehead atoms. The number of carbonyl (C=O) groups is 1. The maximum absolute atomic E-state index is 12.8. The minimum absolute atomic E-state index is 0.0699. The number of phenolic OH excluding ortho intramolecular Hbond substituents is 1. The maximum atomic E-state index is 12.8. The third-order valence-electron chi connectivity index (χ3n) is 5.31. The van der Waals surface area contributed by atoms with E-state index < -0.39 is 48.8 Å². The average Bonchev–Trinajstić information content (AvgIpc) is 2.77. The Morgan fingerprint density at radius 1 is 1.24 bits per heavy atom. The number of benzene rings is 1. The van der Waals surface area contributed by atoms with Crippen molar-refractivity contribution in [1.82, 2.24) is 15.5 Å². The first-order valence-electron chi connectivity index (χ1n) is 10.3. The number of aliphatic hydroxyl groups excluding tert-OH is 2. The average molecular weight is 470 g/mol. The molecule has 2 atom stereocenters. The van der Waals surface area contributed by atoms with E-state index in [-0.39, 0.29) is 17.3 Å². The molecule has 5 N–H and O–H groups in total. The number of hydrogen-bond acceptors (Lipinski definition) is 9. The second-order valence-electron chi connectivity index (χ2n) is 7.79. The number of phenols is 1. The van der Waals surface area contributed by atoms with E-state index in [0.29, 0.717) is 36.8 Å². The van der Waals surface area contributed by atoms with Crippen LogP contribution in [0.1, 0.15) is 24.0 Å². The van der Waals surface area contributed by atoms with Gasteiger partial charge in [0.15, 0.2) is 0 Å². The Hall–Kier alpha value is -2.96. The number of aryl methyl sites for hydroxylation is 1. The SMILES string of the molecule is Cc1cc(N[C@@H]2CC[C@@H](C(=O)OC(CO)CO)NC2)nnc1-c1ccc(C(F)(F)F)cc1O. The number of piperidine rings is 1. The lowest BCUT2D eigenvalue weighted by molar-refractivity contribution is -0.156. The van der Waals surface area contributed by atoms with Crippen LogP contribution in [-0.2, 0) is 15.7 Å². The van der Waals surface area contributed by atoms with Crippen LogP contribution in [0.2, 0.25) is 0 Å². The first-order chi connectivity index (χ1) is 15.6. The molecule has 1 aliphatic rings. The summed E-state index contributed by atoms with van der Waals surface area (Å²) in [5.41, 5.74) is 0.0534. The van der Waals surface area contributed by atoms with Crippen molar-refractivity contribution in [3.63, 3.8) is 0 Å². The normalized spacial score (nSPS) is 18.9. The van der Waals surface area contributed by atoms with E-state index in [1.807, 2.05) is 0 Å². The number of carbonyl (C=O) groups excluding carboxylic acids is 1. The van der Waals surface area contributed by atoms with Crippen LogP contribution >= 0.6 is 0 Å². The van der Waals surface area contributed by atoms with E-state index in [2.05, 4.69) is 20.8 Å². The number of hydrogen-bond donors (Lipinski definition) is 5. The molecule has 180 valence electrons. The molecule has 0 radical (unpaired) electrons. The van der Waals surface area contributed by atoms with Crippen LogP contribution in [0.4, 0.5) is 19.0 Å². The smallest absolute Gasteiger partial charge is 0.416 e. The number of rotatable bonds is 7. The summed E-state index contributed by atoms with van der Waals surface area (Å²) in [6.07, 6.45) is -4.44. The number of halogens is 3. The Morgan fingerprint density at radius 3 is 2.52 bits per heavy atom. The third-order valence-corrected chi connectivity index (χ3v) is 5.31. The van der Waals surface area contributed by atoms with E-state index in [0.717, 1.165) is 12.1 Å². The van der Waals surface area contributed by atoms with Crippen molar-refractivity contribution in [2.75, 3.05) is 25.1 Å². The Kier molecular flexibility index (Phi) is 7.72. The number of aliphatic hydroxyl groups is 2. The van der Waals surface area contributed by atoms with Gasteiger partial charge in [-0.25, -0.2) is 0 Å². The van der Waals surface area contributed by atoms with Crippen molar-refractivity contribution < 1.29 is 38.0 Å². The molecule has 1 fully saturated rings. The number of nitrogens with zero attached hydrogens (tertiary/aromatic N) is 2. The fraction of sp³-hybridized carbons (Fsp3) is 0.476. The summed E-state index contributed by atoms with van der Waals surface area (Å²) in [6, 6.07) is 3.74. The molecule has 1 aromatic carbocycles. The Morgan fingerprint density at radius 2 is 1.97 bits per heavy atom. The fourth-order valence-corrected chi connectivity index (χ4v) is 3.50. The lowest BCUT2D eigenvalue weighted by atomic mass is 10.0. The number of aromatic hydroxyl groups is 1. The predicted molar refractivity (Wildman–Crippen MR) is 111 cm³/mol. The molecular weight excluding hydrogens is 445 g/mol. The fourth-order valence-electron chi connectivity index (χ4n) is 3.50. The first kappa shape index (κ1) is 24.7. The molecule has 0 amide bonds. The molecule has 1 saturated heterocycles.